The van der Waals surface area contributed by atoms with Gasteiger partial charge in [0.15, 0.2) is 0 Å². The molecular weight excluding hydrogens is 388 g/mol. The number of aliphatic carboxylic acids is 1. The van der Waals surface area contributed by atoms with Crippen molar-refractivity contribution in [2.75, 3.05) is 6.54 Å². The van der Waals surface area contributed by atoms with E-state index in [1.165, 1.54) is 4.90 Å². The second-order valence-electron chi connectivity index (χ2n) is 9.50. The van der Waals surface area contributed by atoms with Gasteiger partial charge in [0.25, 0.3) is 0 Å². The summed E-state index contributed by atoms with van der Waals surface area (Å²) in [5.41, 5.74) is 2.58. The lowest BCUT2D eigenvalue weighted by Crippen LogP contribution is -2.55. The largest absolute Gasteiger partial charge is 0.481 e. The summed E-state index contributed by atoms with van der Waals surface area (Å²) in [5.74, 6) is -0.768. The maximum atomic E-state index is 12.7. The summed E-state index contributed by atoms with van der Waals surface area (Å²) in [6, 6.07) is 5.73. The van der Waals surface area contributed by atoms with Crippen LogP contribution in [0.15, 0.2) is 30.0 Å². The van der Waals surface area contributed by atoms with Crippen LogP contribution in [0, 0.1) is 11.3 Å². The molecule has 29 heavy (non-hydrogen) atoms. The smallest absolute Gasteiger partial charge is 0.322 e. The average Bonchev–Trinajstić information content (AvgIpc) is 2.58. The van der Waals surface area contributed by atoms with E-state index in [1.807, 2.05) is 19.1 Å². The fourth-order valence-corrected chi connectivity index (χ4v) is 3.91. The minimum absolute atomic E-state index is 0.0969. The van der Waals surface area contributed by atoms with Gasteiger partial charge in [-0.15, -0.1) is 0 Å². The Balaban J connectivity index is 2.36. The summed E-state index contributed by atoms with van der Waals surface area (Å²) < 4.78 is 0. The molecule has 0 radical (unpaired) electrons. The Morgan fingerprint density at radius 3 is 2.48 bits per heavy atom. The Labute approximate surface area is 179 Å². The molecule has 1 unspecified atom stereocenters. The Morgan fingerprint density at radius 1 is 1.31 bits per heavy atom. The van der Waals surface area contributed by atoms with E-state index in [0.717, 1.165) is 29.5 Å². The molecule has 0 saturated heterocycles. The van der Waals surface area contributed by atoms with E-state index in [4.69, 9.17) is 16.7 Å². The fraction of sp³-hybridized carbons (Fsp3) is 0.565. The number of aryl methyl sites for hydroxylation is 1. The highest BCUT2D eigenvalue weighted by Crippen LogP contribution is 2.38. The molecule has 0 saturated carbocycles. The van der Waals surface area contributed by atoms with Crippen LogP contribution >= 0.6 is 11.6 Å². The fourth-order valence-electron chi connectivity index (χ4n) is 3.63. The van der Waals surface area contributed by atoms with Crippen molar-refractivity contribution in [1.82, 2.24) is 10.2 Å². The number of rotatable bonds is 7. The molecule has 2 N–H and O–H groups in total. The lowest BCUT2D eigenvalue weighted by Gasteiger charge is -2.42. The summed E-state index contributed by atoms with van der Waals surface area (Å²) in [4.78, 5) is 25.0. The predicted octanol–water partition coefficient (Wildman–Crippen LogP) is 5.57. The first kappa shape index (κ1) is 23.3. The van der Waals surface area contributed by atoms with Gasteiger partial charge in [-0.3, -0.25) is 4.79 Å². The van der Waals surface area contributed by atoms with Crippen molar-refractivity contribution < 1.29 is 14.7 Å². The summed E-state index contributed by atoms with van der Waals surface area (Å²) in [6.45, 7) is 12.9. The monoisotopic (exact) mass is 420 g/mol. The molecule has 0 bridgehead atoms. The normalized spacial score (nSPS) is 19.9. The topological polar surface area (TPSA) is 69.6 Å². The lowest BCUT2D eigenvalue weighted by atomic mass is 9.78. The second-order valence-corrected chi connectivity index (χ2v) is 9.91. The Bertz CT molecular complexity index is 811. The van der Waals surface area contributed by atoms with Crippen LogP contribution in [0.4, 0.5) is 4.79 Å². The third-order valence-electron chi connectivity index (χ3n) is 5.45. The van der Waals surface area contributed by atoms with Crippen molar-refractivity contribution in [2.45, 2.75) is 66.3 Å². The van der Waals surface area contributed by atoms with Crippen LogP contribution in [0.3, 0.4) is 0 Å². The van der Waals surface area contributed by atoms with Gasteiger partial charge in [0.05, 0.1) is 12.0 Å². The van der Waals surface area contributed by atoms with E-state index >= 15 is 0 Å². The molecule has 0 aromatic heterocycles. The molecule has 0 spiro atoms. The second kappa shape index (κ2) is 8.78. The van der Waals surface area contributed by atoms with Gasteiger partial charge in [-0.25, -0.2) is 4.79 Å². The first-order valence-corrected chi connectivity index (χ1v) is 10.5. The molecule has 5 nitrogen and oxygen atoms in total. The van der Waals surface area contributed by atoms with Crippen molar-refractivity contribution in [1.29, 1.82) is 0 Å². The minimum Gasteiger partial charge on any atom is -0.481 e. The molecule has 1 aliphatic heterocycles. The van der Waals surface area contributed by atoms with E-state index in [0.29, 0.717) is 5.02 Å². The molecule has 1 aliphatic rings. The number of nitrogens with zero attached hydrogens (tertiary/aromatic N) is 1. The van der Waals surface area contributed by atoms with Crippen LogP contribution in [-0.2, 0) is 16.8 Å². The Morgan fingerprint density at radius 2 is 1.97 bits per heavy atom. The zero-order chi connectivity index (χ0) is 22.0. The summed E-state index contributed by atoms with van der Waals surface area (Å²) >= 11 is 6.61. The predicted molar refractivity (Wildman–Crippen MR) is 117 cm³/mol. The molecule has 160 valence electrons. The van der Waals surface area contributed by atoms with Crippen LogP contribution in [0.5, 0.6) is 0 Å². The quantitative estimate of drug-likeness (QED) is 0.605. The molecule has 2 rings (SSSR count). The molecular formula is C23H33ClN2O3. The first-order chi connectivity index (χ1) is 13.3. The number of carbonyl (C=O) groups is 2. The number of benzene rings is 1. The number of hydrogen-bond acceptors (Lipinski definition) is 2. The minimum atomic E-state index is -0.928. The highest BCUT2D eigenvalue weighted by Gasteiger charge is 2.39. The number of hydrogen-bond donors (Lipinski definition) is 2. The van der Waals surface area contributed by atoms with Gasteiger partial charge in [0, 0.05) is 17.8 Å². The number of nitrogens with one attached hydrogen (secondary N) is 1. The van der Waals surface area contributed by atoms with E-state index in [1.54, 1.807) is 6.20 Å². The summed E-state index contributed by atoms with van der Waals surface area (Å²) in [5, 5.41) is 12.7. The van der Waals surface area contributed by atoms with Gasteiger partial charge >= 0.3 is 12.0 Å². The molecule has 1 heterocycles. The number of carbonyl (C=O) groups excluding carboxylic acids is 1. The van der Waals surface area contributed by atoms with Crippen LogP contribution in [0.2, 0.25) is 5.02 Å². The van der Waals surface area contributed by atoms with Gasteiger partial charge in [-0.1, -0.05) is 58.4 Å². The first-order valence-electron chi connectivity index (χ1n) is 10.1. The zero-order valence-corrected chi connectivity index (χ0v) is 19.1. The van der Waals surface area contributed by atoms with Crippen molar-refractivity contribution in [2.24, 2.45) is 11.3 Å². The number of urea groups is 1. The standard InChI is InChI=1S/C23H33ClN2O3/c1-15(2)18-14-26(12-10-20(27)28)21(29)25-23(18,6)17-8-7-16(19(24)13-17)9-11-22(3,4)5/h7-8,13-15H,9-12H2,1-6H3,(H,25,29)(H,27,28). The van der Waals surface area contributed by atoms with Crippen LogP contribution in [0.25, 0.3) is 0 Å². The molecule has 0 aliphatic carbocycles. The number of halogens is 1. The number of carboxylic acids is 1. The Hall–Kier alpha value is -2.01. The molecule has 1 aromatic rings. The van der Waals surface area contributed by atoms with Gasteiger partial charge in [-0.05, 0) is 53.9 Å². The number of carboxylic acid groups (broad SMARTS) is 1. The van der Waals surface area contributed by atoms with Gasteiger partial charge in [-0.2, -0.15) is 0 Å². The lowest BCUT2D eigenvalue weighted by molar-refractivity contribution is -0.137. The van der Waals surface area contributed by atoms with E-state index < -0.39 is 11.5 Å². The van der Waals surface area contributed by atoms with E-state index in [2.05, 4.69) is 46.0 Å². The highest BCUT2D eigenvalue weighted by atomic mass is 35.5. The molecule has 1 aromatic carbocycles. The molecule has 0 fully saturated rings. The summed E-state index contributed by atoms with van der Waals surface area (Å²) in [6.07, 6.45) is 3.64. The van der Waals surface area contributed by atoms with Crippen LogP contribution in [0.1, 0.15) is 65.5 Å². The van der Waals surface area contributed by atoms with Crippen molar-refractivity contribution in [3.63, 3.8) is 0 Å². The van der Waals surface area contributed by atoms with Gasteiger partial charge < -0.3 is 15.3 Å². The van der Waals surface area contributed by atoms with Gasteiger partial charge in [0.1, 0.15) is 0 Å². The van der Waals surface area contributed by atoms with E-state index in [-0.39, 0.29) is 30.3 Å². The van der Waals surface area contributed by atoms with Crippen molar-refractivity contribution >= 4 is 23.6 Å². The maximum Gasteiger partial charge on any atom is 0.322 e. The molecule has 6 heteroatoms. The van der Waals surface area contributed by atoms with Crippen molar-refractivity contribution in [3.05, 3.63) is 46.1 Å². The molecule has 1 atom stereocenters. The SMILES string of the molecule is CC(C)C1=CN(CCC(=O)O)C(=O)NC1(C)c1ccc(CCC(C)(C)C)c(Cl)c1. The van der Waals surface area contributed by atoms with E-state index in [9.17, 15) is 9.59 Å². The number of amides is 2. The highest BCUT2D eigenvalue weighted by molar-refractivity contribution is 6.31. The summed E-state index contributed by atoms with van der Waals surface area (Å²) in [7, 11) is 0. The van der Waals surface area contributed by atoms with Crippen LogP contribution < -0.4 is 5.32 Å². The Kier molecular flexibility index (Phi) is 7.05. The van der Waals surface area contributed by atoms with Crippen LogP contribution in [-0.4, -0.2) is 28.6 Å². The maximum absolute atomic E-state index is 12.7. The van der Waals surface area contributed by atoms with Gasteiger partial charge in [0.2, 0.25) is 0 Å². The zero-order valence-electron chi connectivity index (χ0n) is 18.3. The van der Waals surface area contributed by atoms with Crippen molar-refractivity contribution in [3.8, 4) is 0 Å². The third kappa shape index (κ3) is 5.75. The average molecular weight is 421 g/mol. The third-order valence-corrected chi connectivity index (χ3v) is 5.81. The molecule has 2 amide bonds.